The molecule has 1 rings (SSSR count). The second-order valence-electron chi connectivity index (χ2n) is 3.67. The summed E-state index contributed by atoms with van der Waals surface area (Å²) in [6, 6.07) is 5.74. The van der Waals surface area contributed by atoms with E-state index in [4.69, 9.17) is 14.8 Å². The van der Waals surface area contributed by atoms with Gasteiger partial charge in [0.1, 0.15) is 11.8 Å². The van der Waals surface area contributed by atoms with Crippen molar-refractivity contribution in [2.75, 3.05) is 13.2 Å². The average Bonchev–Trinajstić information content (AvgIpc) is 2.65. The van der Waals surface area contributed by atoms with E-state index in [0.717, 1.165) is 5.76 Å². The highest BCUT2D eigenvalue weighted by atomic mass is 16.3. The fourth-order valence-electron chi connectivity index (χ4n) is 1.37. The Morgan fingerprint density at radius 2 is 2.27 bits per heavy atom. The van der Waals surface area contributed by atoms with Crippen molar-refractivity contribution >= 4 is 0 Å². The molecule has 0 saturated heterocycles. The van der Waals surface area contributed by atoms with E-state index < -0.39 is 0 Å². The molecular formula is C11H16N2O2. The molecule has 0 atom stereocenters. The van der Waals surface area contributed by atoms with Gasteiger partial charge in [0.15, 0.2) is 0 Å². The van der Waals surface area contributed by atoms with Gasteiger partial charge in [0, 0.05) is 12.6 Å². The third-order valence-corrected chi connectivity index (χ3v) is 2.25. The van der Waals surface area contributed by atoms with E-state index in [-0.39, 0.29) is 6.61 Å². The normalized spacial score (nSPS) is 10.9. The Bertz CT molecular complexity index is 339. The maximum atomic E-state index is 8.89. The van der Waals surface area contributed by atoms with Crippen molar-refractivity contribution < 1.29 is 9.52 Å². The standard InChI is InChI=1S/C11H16N2O2/c1-9(2)13(5-6-14)8-11-4-3-10(7-12)15-11/h3-4,9,14H,5-6,8H2,1-2H3. The molecule has 1 heterocycles. The Labute approximate surface area is 89.7 Å². The average molecular weight is 208 g/mol. The molecule has 0 saturated carbocycles. The zero-order valence-corrected chi connectivity index (χ0v) is 9.10. The first kappa shape index (κ1) is 11.8. The summed E-state index contributed by atoms with van der Waals surface area (Å²) in [5.74, 6) is 1.09. The summed E-state index contributed by atoms with van der Waals surface area (Å²) in [5, 5.41) is 17.5. The van der Waals surface area contributed by atoms with Gasteiger partial charge in [-0.3, -0.25) is 4.90 Å². The number of nitrogens with zero attached hydrogens (tertiary/aromatic N) is 2. The molecule has 1 aromatic heterocycles. The summed E-state index contributed by atoms with van der Waals surface area (Å²) in [6.45, 7) is 5.48. The van der Waals surface area contributed by atoms with Crippen LogP contribution in [0.5, 0.6) is 0 Å². The predicted octanol–water partition coefficient (Wildman–Crippen LogP) is 1.35. The van der Waals surface area contributed by atoms with E-state index in [9.17, 15) is 0 Å². The highest BCUT2D eigenvalue weighted by molar-refractivity contribution is 5.19. The highest BCUT2D eigenvalue weighted by Gasteiger charge is 2.11. The first-order valence-electron chi connectivity index (χ1n) is 5.01. The van der Waals surface area contributed by atoms with Crippen LogP contribution in [0.15, 0.2) is 16.5 Å². The fourth-order valence-corrected chi connectivity index (χ4v) is 1.37. The molecule has 0 amide bonds. The molecule has 0 spiro atoms. The van der Waals surface area contributed by atoms with Gasteiger partial charge in [0.05, 0.1) is 13.2 Å². The molecular weight excluding hydrogens is 192 g/mol. The lowest BCUT2D eigenvalue weighted by molar-refractivity contribution is 0.150. The third-order valence-electron chi connectivity index (χ3n) is 2.25. The van der Waals surface area contributed by atoms with E-state index in [0.29, 0.717) is 24.9 Å². The van der Waals surface area contributed by atoms with Gasteiger partial charge in [-0.2, -0.15) is 5.26 Å². The minimum Gasteiger partial charge on any atom is -0.449 e. The molecule has 1 N–H and O–H groups in total. The Hall–Kier alpha value is -1.31. The molecule has 0 unspecified atom stereocenters. The molecule has 0 bridgehead atoms. The number of aliphatic hydroxyl groups excluding tert-OH is 1. The van der Waals surface area contributed by atoms with Crippen molar-refractivity contribution in [2.24, 2.45) is 0 Å². The lowest BCUT2D eigenvalue weighted by Gasteiger charge is -2.24. The van der Waals surface area contributed by atoms with Gasteiger partial charge in [0.2, 0.25) is 5.76 Å². The van der Waals surface area contributed by atoms with Crippen molar-refractivity contribution in [3.8, 4) is 6.07 Å². The first-order valence-corrected chi connectivity index (χ1v) is 5.01. The van der Waals surface area contributed by atoms with Crippen LogP contribution in [0.3, 0.4) is 0 Å². The first-order chi connectivity index (χ1) is 7.17. The van der Waals surface area contributed by atoms with Gasteiger partial charge in [-0.1, -0.05) is 0 Å². The predicted molar refractivity (Wildman–Crippen MR) is 56.1 cm³/mol. The van der Waals surface area contributed by atoms with E-state index in [1.165, 1.54) is 0 Å². The molecule has 0 radical (unpaired) electrons. The van der Waals surface area contributed by atoms with E-state index in [1.807, 2.05) is 6.07 Å². The SMILES string of the molecule is CC(C)N(CCO)Cc1ccc(C#N)o1. The van der Waals surface area contributed by atoms with E-state index in [2.05, 4.69) is 18.7 Å². The maximum Gasteiger partial charge on any atom is 0.203 e. The topological polar surface area (TPSA) is 60.4 Å². The largest absolute Gasteiger partial charge is 0.449 e. The maximum absolute atomic E-state index is 8.89. The fraction of sp³-hybridized carbons (Fsp3) is 0.545. The molecule has 1 aromatic rings. The molecule has 4 heteroatoms. The number of hydrogen-bond donors (Lipinski definition) is 1. The van der Waals surface area contributed by atoms with Crippen LogP contribution in [0.4, 0.5) is 0 Å². The molecule has 0 aliphatic heterocycles. The van der Waals surface area contributed by atoms with Crippen LogP contribution in [0.1, 0.15) is 25.4 Å². The highest BCUT2D eigenvalue weighted by Crippen LogP contribution is 2.11. The number of rotatable bonds is 5. The van der Waals surface area contributed by atoms with Gasteiger partial charge >= 0.3 is 0 Å². The molecule has 15 heavy (non-hydrogen) atoms. The Kier molecular flexibility index (Phi) is 4.35. The molecule has 0 fully saturated rings. The molecule has 0 aliphatic carbocycles. The van der Waals surface area contributed by atoms with Crippen LogP contribution in [-0.4, -0.2) is 29.2 Å². The lowest BCUT2D eigenvalue weighted by Crippen LogP contribution is -2.32. The molecule has 0 aromatic carbocycles. The van der Waals surface area contributed by atoms with Gasteiger partial charge in [-0.25, -0.2) is 0 Å². The minimum absolute atomic E-state index is 0.129. The molecule has 82 valence electrons. The zero-order chi connectivity index (χ0) is 11.3. The van der Waals surface area contributed by atoms with Crippen molar-refractivity contribution in [3.05, 3.63) is 23.7 Å². The van der Waals surface area contributed by atoms with Crippen molar-refractivity contribution in [3.63, 3.8) is 0 Å². The molecule has 4 nitrogen and oxygen atoms in total. The summed E-state index contributed by atoms with van der Waals surface area (Å²) in [7, 11) is 0. The van der Waals surface area contributed by atoms with Crippen LogP contribution < -0.4 is 0 Å². The Balaban J connectivity index is 2.62. The van der Waals surface area contributed by atoms with E-state index >= 15 is 0 Å². The smallest absolute Gasteiger partial charge is 0.203 e. The Morgan fingerprint density at radius 1 is 1.53 bits per heavy atom. The van der Waals surface area contributed by atoms with Crippen LogP contribution >= 0.6 is 0 Å². The summed E-state index contributed by atoms with van der Waals surface area (Å²) in [6.07, 6.45) is 0. The second-order valence-corrected chi connectivity index (χ2v) is 3.67. The van der Waals surface area contributed by atoms with Gasteiger partial charge in [-0.15, -0.1) is 0 Å². The van der Waals surface area contributed by atoms with Crippen molar-refractivity contribution in [1.29, 1.82) is 5.26 Å². The van der Waals surface area contributed by atoms with Crippen LogP contribution in [0.25, 0.3) is 0 Å². The third kappa shape index (κ3) is 3.39. The van der Waals surface area contributed by atoms with Gasteiger partial charge in [-0.05, 0) is 26.0 Å². The number of nitriles is 1. The van der Waals surface area contributed by atoms with Crippen molar-refractivity contribution in [2.45, 2.75) is 26.4 Å². The zero-order valence-electron chi connectivity index (χ0n) is 9.10. The van der Waals surface area contributed by atoms with Crippen LogP contribution in [0.2, 0.25) is 0 Å². The van der Waals surface area contributed by atoms with Crippen molar-refractivity contribution in [1.82, 2.24) is 4.90 Å². The van der Waals surface area contributed by atoms with Crippen LogP contribution in [0, 0.1) is 11.3 Å². The summed E-state index contributed by atoms with van der Waals surface area (Å²) >= 11 is 0. The van der Waals surface area contributed by atoms with Gasteiger partial charge < -0.3 is 9.52 Å². The summed E-state index contributed by atoms with van der Waals surface area (Å²) in [4.78, 5) is 2.08. The number of hydrogen-bond acceptors (Lipinski definition) is 4. The summed E-state index contributed by atoms with van der Waals surface area (Å²) < 4.78 is 5.28. The lowest BCUT2D eigenvalue weighted by atomic mass is 10.3. The quantitative estimate of drug-likeness (QED) is 0.793. The monoisotopic (exact) mass is 208 g/mol. The Morgan fingerprint density at radius 3 is 2.73 bits per heavy atom. The van der Waals surface area contributed by atoms with Gasteiger partial charge in [0.25, 0.3) is 0 Å². The molecule has 0 aliphatic rings. The summed E-state index contributed by atoms with van der Waals surface area (Å²) in [5.41, 5.74) is 0. The van der Waals surface area contributed by atoms with E-state index in [1.54, 1.807) is 12.1 Å². The number of aliphatic hydroxyl groups is 1. The van der Waals surface area contributed by atoms with Crippen LogP contribution in [-0.2, 0) is 6.54 Å². The second kappa shape index (κ2) is 5.54. The number of furan rings is 1. The minimum atomic E-state index is 0.129.